The molecule has 5 nitrogen and oxygen atoms in total. The van der Waals surface area contributed by atoms with Gasteiger partial charge in [0.05, 0.1) is 15.5 Å². The average Bonchev–Trinajstić information content (AvgIpc) is 2.46. The fraction of sp³-hybridized carbons (Fsp3) is 0.125. The van der Waals surface area contributed by atoms with E-state index in [1.54, 1.807) is 0 Å². The van der Waals surface area contributed by atoms with Crippen molar-refractivity contribution in [3.8, 4) is 5.75 Å². The Bertz CT molecular complexity index is 870. The summed E-state index contributed by atoms with van der Waals surface area (Å²) in [5, 5.41) is 0.0859. The first kappa shape index (κ1) is 17.2. The fourth-order valence-corrected chi connectivity index (χ4v) is 2.65. The predicted octanol–water partition coefficient (Wildman–Crippen LogP) is 3.17. The third-order valence-electron chi connectivity index (χ3n) is 3.06. The molecule has 0 N–H and O–H groups in total. The van der Waals surface area contributed by atoms with Crippen LogP contribution in [0.5, 0.6) is 5.75 Å². The first-order valence-corrected chi connectivity index (χ1v) is 8.78. The molecule has 0 bridgehead atoms. The first-order chi connectivity index (χ1) is 10.7. The van der Waals surface area contributed by atoms with Gasteiger partial charge in [0.15, 0.2) is 15.6 Å². The standard InChI is InChI=1S/C16H13ClO5S/c1-10(18)11-3-5-12(6-4-11)22-16(19)14-9-13(23(2,20)21)7-8-15(14)17/h3-9H,1-2H3. The molecule has 0 fully saturated rings. The van der Waals surface area contributed by atoms with Gasteiger partial charge in [0.25, 0.3) is 0 Å². The Morgan fingerprint density at radius 3 is 2.17 bits per heavy atom. The summed E-state index contributed by atoms with van der Waals surface area (Å²) in [5.41, 5.74) is 0.437. The number of hydrogen-bond donors (Lipinski definition) is 0. The third-order valence-corrected chi connectivity index (χ3v) is 4.50. The number of ether oxygens (including phenoxy) is 1. The highest BCUT2D eigenvalue weighted by Gasteiger charge is 2.17. The van der Waals surface area contributed by atoms with Crippen LogP contribution >= 0.6 is 11.6 Å². The first-order valence-electron chi connectivity index (χ1n) is 6.51. The van der Waals surface area contributed by atoms with E-state index in [1.807, 2.05) is 0 Å². The number of ketones is 1. The molecule has 2 aromatic rings. The second-order valence-corrected chi connectivity index (χ2v) is 7.31. The quantitative estimate of drug-likeness (QED) is 0.480. The molecular weight excluding hydrogens is 340 g/mol. The van der Waals surface area contributed by atoms with Crippen LogP contribution in [0.15, 0.2) is 47.4 Å². The molecule has 0 atom stereocenters. The van der Waals surface area contributed by atoms with Gasteiger partial charge < -0.3 is 4.74 Å². The summed E-state index contributed by atoms with van der Waals surface area (Å²) in [6.07, 6.45) is 1.03. The molecule has 0 saturated carbocycles. The number of Topliss-reactive ketones (excluding diaryl/α,β-unsaturated/α-hetero) is 1. The maximum absolute atomic E-state index is 12.2. The van der Waals surface area contributed by atoms with Gasteiger partial charge in [-0.05, 0) is 49.4 Å². The highest BCUT2D eigenvalue weighted by atomic mass is 35.5. The van der Waals surface area contributed by atoms with Crippen LogP contribution in [0.2, 0.25) is 5.02 Å². The summed E-state index contributed by atoms with van der Waals surface area (Å²) in [6, 6.07) is 9.82. The van der Waals surface area contributed by atoms with E-state index >= 15 is 0 Å². The Morgan fingerprint density at radius 2 is 1.65 bits per heavy atom. The van der Waals surface area contributed by atoms with Crippen LogP contribution in [-0.4, -0.2) is 26.4 Å². The van der Waals surface area contributed by atoms with Crippen molar-refractivity contribution < 1.29 is 22.7 Å². The Morgan fingerprint density at radius 1 is 1.04 bits per heavy atom. The molecule has 0 radical (unpaired) electrons. The molecule has 2 aromatic carbocycles. The average molecular weight is 353 g/mol. The van der Waals surface area contributed by atoms with Crippen molar-refractivity contribution in [3.63, 3.8) is 0 Å². The minimum atomic E-state index is -3.47. The smallest absolute Gasteiger partial charge is 0.345 e. The van der Waals surface area contributed by atoms with Crippen molar-refractivity contribution in [3.05, 3.63) is 58.6 Å². The van der Waals surface area contributed by atoms with Gasteiger partial charge in [0.2, 0.25) is 0 Å². The molecule has 0 amide bonds. The van der Waals surface area contributed by atoms with Crippen molar-refractivity contribution in [2.45, 2.75) is 11.8 Å². The van der Waals surface area contributed by atoms with E-state index in [2.05, 4.69) is 0 Å². The van der Waals surface area contributed by atoms with E-state index in [9.17, 15) is 18.0 Å². The Balaban J connectivity index is 2.28. The topological polar surface area (TPSA) is 77.5 Å². The van der Waals surface area contributed by atoms with Crippen LogP contribution in [0.1, 0.15) is 27.6 Å². The van der Waals surface area contributed by atoms with Gasteiger partial charge in [-0.3, -0.25) is 4.79 Å². The molecule has 0 unspecified atom stereocenters. The summed E-state index contributed by atoms with van der Waals surface area (Å²) in [7, 11) is -3.47. The summed E-state index contributed by atoms with van der Waals surface area (Å²) in [4.78, 5) is 23.3. The van der Waals surface area contributed by atoms with Crippen molar-refractivity contribution in [1.82, 2.24) is 0 Å². The highest BCUT2D eigenvalue weighted by Crippen LogP contribution is 2.23. The zero-order valence-corrected chi connectivity index (χ0v) is 13.9. The molecule has 23 heavy (non-hydrogen) atoms. The maximum atomic E-state index is 12.2. The number of benzene rings is 2. The van der Waals surface area contributed by atoms with Gasteiger partial charge in [-0.1, -0.05) is 11.6 Å². The number of carbonyl (C=O) groups is 2. The monoisotopic (exact) mass is 352 g/mol. The van der Waals surface area contributed by atoms with Crippen molar-refractivity contribution in [2.75, 3.05) is 6.26 Å². The number of hydrogen-bond acceptors (Lipinski definition) is 5. The molecular formula is C16H13ClO5S. The number of carbonyl (C=O) groups excluding carboxylic acids is 2. The zero-order chi connectivity index (χ0) is 17.2. The van der Waals surface area contributed by atoms with Crippen molar-refractivity contribution in [1.29, 1.82) is 0 Å². The van der Waals surface area contributed by atoms with Gasteiger partial charge >= 0.3 is 5.97 Å². The molecule has 0 aromatic heterocycles. The van der Waals surface area contributed by atoms with Gasteiger partial charge in [-0.2, -0.15) is 0 Å². The van der Waals surface area contributed by atoms with Crippen molar-refractivity contribution in [2.24, 2.45) is 0 Å². The largest absolute Gasteiger partial charge is 0.423 e. The third kappa shape index (κ3) is 4.18. The van der Waals surface area contributed by atoms with Crippen LogP contribution in [0.3, 0.4) is 0 Å². The second-order valence-electron chi connectivity index (χ2n) is 4.88. The van der Waals surface area contributed by atoms with E-state index < -0.39 is 15.8 Å². The molecule has 0 heterocycles. The van der Waals surface area contributed by atoms with Crippen LogP contribution in [0, 0.1) is 0 Å². The molecule has 2 rings (SSSR count). The van der Waals surface area contributed by atoms with Crippen LogP contribution < -0.4 is 4.74 Å². The molecule has 0 spiro atoms. The summed E-state index contributed by atoms with van der Waals surface area (Å²) in [6.45, 7) is 1.43. The van der Waals surface area contributed by atoms with E-state index in [4.69, 9.17) is 16.3 Å². The minimum Gasteiger partial charge on any atom is -0.423 e. The van der Waals surface area contributed by atoms with E-state index in [0.29, 0.717) is 5.56 Å². The molecule has 0 aliphatic heterocycles. The molecule has 0 aliphatic carbocycles. The normalized spacial score (nSPS) is 11.1. The van der Waals surface area contributed by atoms with Gasteiger partial charge in [0, 0.05) is 11.8 Å². The van der Waals surface area contributed by atoms with E-state index in [1.165, 1.54) is 49.4 Å². The van der Waals surface area contributed by atoms with Crippen LogP contribution in [0.25, 0.3) is 0 Å². The molecule has 7 heteroatoms. The van der Waals surface area contributed by atoms with E-state index in [-0.39, 0.29) is 27.0 Å². The zero-order valence-electron chi connectivity index (χ0n) is 12.4. The SMILES string of the molecule is CC(=O)c1ccc(OC(=O)c2cc(S(C)(=O)=O)ccc2Cl)cc1. The van der Waals surface area contributed by atoms with Gasteiger partial charge in [-0.15, -0.1) is 0 Å². The minimum absolute atomic E-state index is 0.0271. The van der Waals surface area contributed by atoms with E-state index in [0.717, 1.165) is 6.26 Å². The Labute approximate surface area is 138 Å². The van der Waals surface area contributed by atoms with Gasteiger partial charge in [0.1, 0.15) is 5.75 Å². The summed E-state index contributed by atoms with van der Waals surface area (Å²) < 4.78 is 28.3. The lowest BCUT2D eigenvalue weighted by Crippen LogP contribution is -2.10. The van der Waals surface area contributed by atoms with Crippen LogP contribution in [0.4, 0.5) is 0 Å². The Hall–Kier alpha value is -2.18. The highest BCUT2D eigenvalue weighted by molar-refractivity contribution is 7.90. The van der Waals surface area contributed by atoms with Crippen molar-refractivity contribution >= 4 is 33.2 Å². The lowest BCUT2D eigenvalue weighted by Gasteiger charge is -2.08. The number of sulfone groups is 1. The van der Waals surface area contributed by atoms with Crippen LogP contribution in [-0.2, 0) is 9.84 Å². The molecule has 0 aliphatic rings. The number of esters is 1. The number of halogens is 1. The second kappa shape index (κ2) is 6.52. The lowest BCUT2D eigenvalue weighted by atomic mass is 10.1. The number of rotatable bonds is 4. The molecule has 0 saturated heterocycles. The fourth-order valence-electron chi connectivity index (χ4n) is 1.81. The predicted molar refractivity (Wildman–Crippen MR) is 86.0 cm³/mol. The maximum Gasteiger partial charge on any atom is 0.345 e. The molecule has 120 valence electrons. The van der Waals surface area contributed by atoms with Gasteiger partial charge in [-0.25, -0.2) is 13.2 Å². The summed E-state index contributed by atoms with van der Waals surface area (Å²) >= 11 is 5.93. The lowest BCUT2D eigenvalue weighted by molar-refractivity contribution is 0.0734. The summed E-state index contributed by atoms with van der Waals surface area (Å²) in [5.74, 6) is -0.663. The Kier molecular flexibility index (Phi) is 4.87.